The van der Waals surface area contributed by atoms with Crippen molar-refractivity contribution in [2.45, 2.75) is 39.5 Å². The van der Waals surface area contributed by atoms with Gasteiger partial charge in [-0.15, -0.1) is 5.73 Å². The number of aryl methyl sites for hydroxylation is 2. The van der Waals surface area contributed by atoms with Crippen LogP contribution in [0.2, 0.25) is 0 Å². The summed E-state index contributed by atoms with van der Waals surface area (Å²) in [4.78, 5) is 3.59. The molecule has 1 aliphatic rings. The first-order chi connectivity index (χ1) is 12.4. The third-order valence-corrected chi connectivity index (χ3v) is 5.78. The van der Waals surface area contributed by atoms with Crippen molar-refractivity contribution in [3.63, 3.8) is 0 Å². The van der Waals surface area contributed by atoms with E-state index in [0.29, 0.717) is 5.56 Å². The highest BCUT2D eigenvalue weighted by molar-refractivity contribution is 6.01. The highest BCUT2D eigenvalue weighted by Crippen LogP contribution is 2.49. The number of nitrogens with one attached hydrogen (secondary N) is 1. The highest BCUT2D eigenvalue weighted by atomic mass is 14.8. The van der Waals surface area contributed by atoms with E-state index in [4.69, 9.17) is 0 Å². The minimum atomic E-state index is -0.159. The molecule has 1 aromatic heterocycles. The van der Waals surface area contributed by atoms with Crippen LogP contribution in [-0.4, -0.2) is 4.98 Å². The first-order valence-electron chi connectivity index (χ1n) is 9.03. The summed E-state index contributed by atoms with van der Waals surface area (Å²) >= 11 is 0. The van der Waals surface area contributed by atoms with Gasteiger partial charge >= 0.3 is 0 Å². The molecule has 0 saturated carbocycles. The normalized spacial score (nSPS) is 14.5. The van der Waals surface area contributed by atoms with Crippen LogP contribution < -0.4 is 0 Å². The summed E-state index contributed by atoms with van der Waals surface area (Å²) in [6.07, 6.45) is 1.01. The van der Waals surface area contributed by atoms with Crippen LogP contribution in [0.1, 0.15) is 59.8 Å². The highest BCUT2D eigenvalue weighted by Gasteiger charge is 2.38. The van der Waals surface area contributed by atoms with Crippen molar-refractivity contribution in [3.05, 3.63) is 81.7 Å². The summed E-state index contributed by atoms with van der Waals surface area (Å²) in [7, 11) is 0. The van der Waals surface area contributed by atoms with Gasteiger partial charge in [-0.05, 0) is 53.8 Å². The molecule has 4 rings (SSSR count). The molecule has 1 aliphatic carbocycles. The van der Waals surface area contributed by atoms with Gasteiger partial charge in [0.25, 0.3) is 0 Å². The summed E-state index contributed by atoms with van der Waals surface area (Å²) in [5.41, 5.74) is 13.3. The van der Waals surface area contributed by atoms with Crippen LogP contribution in [0.5, 0.6) is 0 Å². The lowest BCUT2D eigenvalue weighted by atomic mass is 9.69. The maximum Gasteiger partial charge on any atom is 0.0992 e. The van der Waals surface area contributed by atoms with Gasteiger partial charge in [0.15, 0.2) is 0 Å². The molecule has 0 saturated heterocycles. The van der Waals surface area contributed by atoms with Crippen molar-refractivity contribution in [2.75, 3.05) is 0 Å². The van der Waals surface area contributed by atoms with Crippen molar-refractivity contribution in [1.82, 2.24) is 4.98 Å². The van der Waals surface area contributed by atoms with Gasteiger partial charge in [-0.1, -0.05) is 39.5 Å². The van der Waals surface area contributed by atoms with Gasteiger partial charge in [-0.25, -0.2) is 0 Å². The maximum atomic E-state index is 9.24. The minimum Gasteiger partial charge on any atom is -0.357 e. The molecular formula is C24H22N2. The number of rotatable bonds is 1. The fourth-order valence-electron chi connectivity index (χ4n) is 4.31. The Kier molecular flexibility index (Phi) is 3.48. The van der Waals surface area contributed by atoms with Crippen LogP contribution in [0.3, 0.4) is 0 Å². The van der Waals surface area contributed by atoms with E-state index in [2.05, 4.69) is 63.2 Å². The predicted octanol–water partition coefficient (Wildman–Crippen LogP) is 5.77. The Hall–Kier alpha value is -3.01. The van der Waals surface area contributed by atoms with E-state index >= 15 is 0 Å². The Balaban J connectivity index is 2.13. The minimum absolute atomic E-state index is 0.159. The SMILES string of the molecule is C=C=C1c2cc(CC)c(C)cc2C(C)(C)c2[nH]c3cc(C#N)ccc3c21. The molecular weight excluding hydrogens is 316 g/mol. The Bertz CT molecular complexity index is 1160. The fraction of sp³-hybridized carbons (Fsp3) is 0.250. The van der Waals surface area contributed by atoms with Gasteiger partial charge in [0.2, 0.25) is 0 Å². The zero-order chi connectivity index (χ0) is 18.6. The van der Waals surface area contributed by atoms with Crippen LogP contribution in [-0.2, 0) is 11.8 Å². The summed E-state index contributed by atoms with van der Waals surface area (Å²) in [5.74, 6) is 0. The Labute approximate surface area is 154 Å². The molecule has 2 aromatic carbocycles. The molecule has 1 N–H and O–H groups in total. The first kappa shape index (κ1) is 16.5. The van der Waals surface area contributed by atoms with Gasteiger partial charge in [0.05, 0.1) is 11.6 Å². The van der Waals surface area contributed by atoms with E-state index in [1.807, 2.05) is 18.2 Å². The number of aromatic amines is 1. The fourth-order valence-corrected chi connectivity index (χ4v) is 4.31. The topological polar surface area (TPSA) is 39.6 Å². The van der Waals surface area contributed by atoms with E-state index in [1.54, 1.807) is 0 Å². The maximum absolute atomic E-state index is 9.24. The summed E-state index contributed by atoms with van der Waals surface area (Å²) in [5, 5.41) is 10.4. The lowest BCUT2D eigenvalue weighted by molar-refractivity contribution is 0.612. The van der Waals surface area contributed by atoms with E-state index in [9.17, 15) is 5.26 Å². The smallest absolute Gasteiger partial charge is 0.0992 e. The van der Waals surface area contributed by atoms with E-state index in [1.165, 1.54) is 33.5 Å². The van der Waals surface area contributed by atoms with Crippen molar-refractivity contribution in [3.8, 4) is 6.07 Å². The molecule has 0 bridgehead atoms. The van der Waals surface area contributed by atoms with Crippen LogP contribution in [0.25, 0.3) is 16.5 Å². The van der Waals surface area contributed by atoms with Crippen molar-refractivity contribution in [2.24, 2.45) is 0 Å². The van der Waals surface area contributed by atoms with Crippen molar-refractivity contribution >= 4 is 16.5 Å². The summed E-state index contributed by atoms with van der Waals surface area (Å²) in [6, 6.07) is 12.7. The number of fused-ring (bicyclic) bond motifs is 4. The second kappa shape index (κ2) is 5.49. The van der Waals surface area contributed by atoms with Crippen LogP contribution in [0, 0.1) is 18.3 Å². The zero-order valence-electron chi connectivity index (χ0n) is 15.7. The molecule has 0 amide bonds. The molecule has 0 unspecified atom stereocenters. The molecule has 0 atom stereocenters. The standard InChI is InChI=1S/C24H22N2/c1-6-16-12-19-17(7-2)22-18-9-8-15(13-25)11-21(18)26-23(22)24(4,5)20(19)10-14(16)3/h8-12,26H,2,6H2,1,3-5H3. The van der Waals surface area contributed by atoms with E-state index < -0.39 is 0 Å². The lowest BCUT2D eigenvalue weighted by Gasteiger charge is -2.34. The molecule has 0 fully saturated rings. The van der Waals surface area contributed by atoms with Crippen molar-refractivity contribution < 1.29 is 0 Å². The Morgan fingerprint density at radius 1 is 1.19 bits per heavy atom. The number of nitrogens with zero attached hydrogens (tertiary/aromatic N) is 1. The van der Waals surface area contributed by atoms with Crippen molar-refractivity contribution in [1.29, 1.82) is 5.26 Å². The van der Waals surface area contributed by atoms with Crippen LogP contribution >= 0.6 is 0 Å². The van der Waals surface area contributed by atoms with Gasteiger partial charge in [-0.2, -0.15) is 5.26 Å². The third-order valence-electron chi connectivity index (χ3n) is 5.78. The molecule has 3 aromatic rings. The number of nitriles is 1. The first-order valence-corrected chi connectivity index (χ1v) is 9.03. The molecule has 2 nitrogen and oxygen atoms in total. The quantitative estimate of drug-likeness (QED) is 0.562. The van der Waals surface area contributed by atoms with E-state index in [0.717, 1.165) is 22.9 Å². The monoisotopic (exact) mass is 338 g/mol. The number of hydrogen-bond acceptors (Lipinski definition) is 1. The van der Waals surface area contributed by atoms with Gasteiger partial charge < -0.3 is 4.98 Å². The number of hydrogen-bond donors (Lipinski definition) is 1. The lowest BCUT2D eigenvalue weighted by Crippen LogP contribution is -2.27. The average molecular weight is 338 g/mol. The molecule has 2 heteroatoms. The Morgan fingerprint density at radius 2 is 1.96 bits per heavy atom. The zero-order valence-corrected chi connectivity index (χ0v) is 15.7. The molecule has 128 valence electrons. The van der Waals surface area contributed by atoms with Crippen LogP contribution in [0.4, 0.5) is 0 Å². The number of benzene rings is 2. The van der Waals surface area contributed by atoms with Gasteiger partial charge in [0, 0.05) is 33.1 Å². The second-order valence-corrected chi connectivity index (χ2v) is 7.60. The molecule has 0 spiro atoms. The predicted molar refractivity (Wildman–Crippen MR) is 107 cm³/mol. The van der Waals surface area contributed by atoms with Gasteiger partial charge in [0.1, 0.15) is 0 Å². The van der Waals surface area contributed by atoms with E-state index in [-0.39, 0.29) is 5.41 Å². The molecule has 0 radical (unpaired) electrons. The van der Waals surface area contributed by atoms with Crippen LogP contribution in [0.15, 0.2) is 42.6 Å². The number of H-pyrrole nitrogens is 1. The summed E-state index contributed by atoms with van der Waals surface area (Å²) < 4.78 is 0. The largest absolute Gasteiger partial charge is 0.357 e. The second-order valence-electron chi connectivity index (χ2n) is 7.60. The summed E-state index contributed by atoms with van der Waals surface area (Å²) in [6.45, 7) is 12.9. The van der Waals surface area contributed by atoms with Gasteiger partial charge in [-0.3, -0.25) is 0 Å². The number of aromatic nitrogens is 1. The average Bonchev–Trinajstić information content (AvgIpc) is 3.02. The molecule has 0 aliphatic heterocycles. The molecule has 26 heavy (non-hydrogen) atoms. The Morgan fingerprint density at radius 3 is 2.62 bits per heavy atom. The third kappa shape index (κ3) is 2.05. The molecule has 1 heterocycles.